The number of nitrogens with zero attached hydrogens (tertiary/aromatic N) is 1. The number of ether oxygens (including phenoxy) is 1. The van der Waals surface area contributed by atoms with Crippen LogP contribution in [0.15, 0.2) is 30.3 Å². The number of carbonyl (C=O) groups is 2. The van der Waals surface area contributed by atoms with Crippen LogP contribution in [0.5, 0.6) is 0 Å². The first-order valence-electron chi connectivity index (χ1n) is 8.71. The molecule has 6 heteroatoms. The van der Waals surface area contributed by atoms with E-state index in [0.717, 1.165) is 31.2 Å². The van der Waals surface area contributed by atoms with Gasteiger partial charge in [-0.15, -0.1) is 0 Å². The largest absolute Gasteiger partial charge is 0.465 e. The van der Waals surface area contributed by atoms with Crippen molar-refractivity contribution in [1.82, 2.24) is 10.2 Å². The second kappa shape index (κ2) is 7.76. The Morgan fingerprint density at radius 1 is 1.20 bits per heavy atom. The number of carbonyl (C=O) groups excluding carboxylic acids is 1. The van der Waals surface area contributed by atoms with Crippen molar-refractivity contribution in [3.8, 4) is 0 Å². The summed E-state index contributed by atoms with van der Waals surface area (Å²) in [4.78, 5) is 25.3. The van der Waals surface area contributed by atoms with E-state index in [0.29, 0.717) is 0 Å². The molecule has 0 atom stereocenters. The number of benzene rings is 1. The molecule has 1 fully saturated rings. The first-order chi connectivity index (χ1) is 11.7. The molecule has 0 aromatic heterocycles. The highest BCUT2D eigenvalue weighted by molar-refractivity contribution is 5.69. The smallest absolute Gasteiger partial charge is 0.407 e. The molecule has 1 aliphatic rings. The molecule has 1 aromatic carbocycles. The van der Waals surface area contributed by atoms with E-state index in [1.165, 1.54) is 4.90 Å². The van der Waals surface area contributed by atoms with Crippen molar-refractivity contribution >= 4 is 12.2 Å². The van der Waals surface area contributed by atoms with Crippen LogP contribution in [0.2, 0.25) is 0 Å². The van der Waals surface area contributed by atoms with E-state index < -0.39 is 23.3 Å². The summed E-state index contributed by atoms with van der Waals surface area (Å²) in [6.45, 7) is 6.05. The lowest BCUT2D eigenvalue weighted by Crippen LogP contribution is -2.59. The van der Waals surface area contributed by atoms with Gasteiger partial charge in [0.1, 0.15) is 6.61 Å². The van der Waals surface area contributed by atoms with Gasteiger partial charge >= 0.3 is 12.2 Å². The van der Waals surface area contributed by atoms with E-state index >= 15 is 0 Å². The quantitative estimate of drug-likeness (QED) is 0.843. The van der Waals surface area contributed by atoms with Crippen LogP contribution in [0, 0.1) is 0 Å². The topological polar surface area (TPSA) is 78.9 Å². The van der Waals surface area contributed by atoms with Crippen LogP contribution in [-0.4, -0.2) is 39.8 Å². The SMILES string of the molecule is CC(C)(C)N(CC1(NC(=O)OCc2ccccc2)CCCC1)C(=O)O. The molecule has 25 heavy (non-hydrogen) atoms. The highest BCUT2D eigenvalue weighted by Crippen LogP contribution is 2.32. The summed E-state index contributed by atoms with van der Waals surface area (Å²) in [5.74, 6) is 0. The van der Waals surface area contributed by atoms with Crippen LogP contribution in [0.25, 0.3) is 0 Å². The lowest BCUT2D eigenvalue weighted by molar-refractivity contribution is 0.0701. The third-order valence-electron chi connectivity index (χ3n) is 4.64. The van der Waals surface area contributed by atoms with E-state index in [4.69, 9.17) is 4.74 Å². The minimum absolute atomic E-state index is 0.199. The Bertz CT molecular complexity index is 589. The van der Waals surface area contributed by atoms with Crippen molar-refractivity contribution in [3.63, 3.8) is 0 Å². The van der Waals surface area contributed by atoms with Gasteiger partial charge in [0.25, 0.3) is 0 Å². The summed E-state index contributed by atoms with van der Waals surface area (Å²) in [6.07, 6.45) is 1.98. The summed E-state index contributed by atoms with van der Waals surface area (Å²) in [5.41, 5.74) is -0.170. The van der Waals surface area contributed by atoms with Gasteiger partial charge in [-0.3, -0.25) is 0 Å². The van der Waals surface area contributed by atoms with Crippen LogP contribution < -0.4 is 5.32 Å². The normalized spacial score (nSPS) is 16.3. The molecule has 0 radical (unpaired) electrons. The van der Waals surface area contributed by atoms with Gasteiger partial charge in [0.15, 0.2) is 0 Å². The maximum atomic E-state index is 12.3. The minimum atomic E-state index is -0.974. The maximum absolute atomic E-state index is 12.3. The van der Waals surface area contributed by atoms with Crippen LogP contribution in [-0.2, 0) is 11.3 Å². The molecule has 0 saturated heterocycles. The molecule has 0 aliphatic heterocycles. The number of amides is 2. The van der Waals surface area contributed by atoms with Crippen molar-refractivity contribution < 1.29 is 19.4 Å². The summed E-state index contributed by atoms with van der Waals surface area (Å²) in [7, 11) is 0. The van der Waals surface area contributed by atoms with E-state index in [9.17, 15) is 14.7 Å². The first-order valence-corrected chi connectivity index (χ1v) is 8.71. The van der Waals surface area contributed by atoms with Gasteiger partial charge in [-0.2, -0.15) is 0 Å². The predicted octanol–water partition coefficient (Wildman–Crippen LogP) is 4.00. The standard InChI is InChI=1S/C19H28N2O4/c1-18(2,3)21(17(23)24)14-19(11-7-8-12-19)20-16(22)25-13-15-9-5-4-6-10-15/h4-6,9-10H,7-8,11-14H2,1-3H3,(H,20,22)(H,23,24). The van der Waals surface area contributed by atoms with Gasteiger partial charge in [0.2, 0.25) is 0 Å². The maximum Gasteiger partial charge on any atom is 0.407 e. The predicted molar refractivity (Wildman–Crippen MR) is 95.4 cm³/mol. The molecular weight excluding hydrogens is 320 g/mol. The van der Waals surface area contributed by atoms with Crippen molar-refractivity contribution in [2.75, 3.05) is 6.54 Å². The molecule has 0 bridgehead atoms. The Morgan fingerprint density at radius 3 is 2.32 bits per heavy atom. The lowest BCUT2D eigenvalue weighted by atomic mass is 9.94. The lowest BCUT2D eigenvalue weighted by Gasteiger charge is -2.40. The Kier molecular flexibility index (Phi) is 5.93. The fraction of sp³-hybridized carbons (Fsp3) is 0.579. The summed E-state index contributed by atoms with van der Waals surface area (Å²) < 4.78 is 5.33. The molecule has 0 unspecified atom stereocenters. The Hall–Kier alpha value is -2.24. The Labute approximate surface area is 149 Å². The zero-order valence-corrected chi connectivity index (χ0v) is 15.2. The molecular formula is C19H28N2O4. The summed E-state index contributed by atoms with van der Waals surface area (Å²) in [5, 5.41) is 12.5. The fourth-order valence-electron chi connectivity index (χ4n) is 3.24. The molecule has 138 valence electrons. The molecule has 0 spiro atoms. The number of nitrogens with one attached hydrogen (secondary N) is 1. The zero-order chi connectivity index (χ0) is 18.5. The number of carboxylic acid groups (broad SMARTS) is 1. The molecule has 0 heterocycles. The van der Waals surface area contributed by atoms with Crippen LogP contribution in [0.1, 0.15) is 52.0 Å². The van der Waals surface area contributed by atoms with Crippen LogP contribution >= 0.6 is 0 Å². The molecule has 2 N–H and O–H groups in total. The fourth-order valence-corrected chi connectivity index (χ4v) is 3.24. The third-order valence-corrected chi connectivity index (χ3v) is 4.64. The second-order valence-electron chi connectivity index (χ2n) is 7.71. The summed E-state index contributed by atoms with van der Waals surface area (Å²) in [6, 6.07) is 9.48. The van der Waals surface area contributed by atoms with Gasteiger partial charge < -0.3 is 20.1 Å². The number of alkyl carbamates (subject to hydrolysis) is 1. The van der Waals surface area contributed by atoms with Crippen molar-refractivity contribution in [2.45, 2.75) is 64.1 Å². The van der Waals surface area contributed by atoms with Gasteiger partial charge in [0, 0.05) is 12.1 Å². The molecule has 1 aliphatic carbocycles. The third kappa shape index (κ3) is 5.37. The minimum Gasteiger partial charge on any atom is -0.465 e. The van der Waals surface area contributed by atoms with Gasteiger partial charge in [-0.25, -0.2) is 9.59 Å². The molecule has 2 rings (SSSR count). The number of rotatable bonds is 5. The summed E-state index contributed by atoms with van der Waals surface area (Å²) >= 11 is 0. The average molecular weight is 348 g/mol. The monoisotopic (exact) mass is 348 g/mol. The Morgan fingerprint density at radius 2 is 1.80 bits per heavy atom. The number of hydrogen-bond donors (Lipinski definition) is 2. The van der Waals surface area contributed by atoms with E-state index in [2.05, 4.69) is 5.32 Å². The molecule has 2 amide bonds. The van der Waals surface area contributed by atoms with Crippen molar-refractivity contribution in [1.29, 1.82) is 0 Å². The van der Waals surface area contributed by atoms with E-state index in [1.807, 2.05) is 51.1 Å². The van der Waals surface area contributed by atoms with Crippen LogP contribution in [0.4, 0.5) is 9.59 Å². The van der Waals surface area contributed by atoms with E-state index in [1.54, 1.807) is 0 Å². The first kappa shape index (κ1) is 19.1. The highest BCUT2D eigenvalue weighted by atomic mass is 16.5. The van der Waals surface area contributed by atoms with Gasteiger partial charge in [-0.05, 0) is 39.2 Å². The van der Waals surface area contributed by atoms with Crippen LogP contribution in [0.3, 0.4) is 0 Å². The van der Waals surface area contributed by atoms with Crippen molar-refractivity contribution in [3.05, 3.63) is 35.9 Å². The van der Waals surface area contributed by atoms with Gasteiger partial charge in [0.05, 0.1) is 5.54 Å². The highest BCUT2D eigenvalue weighted by Gasteiger charge is 2.41. The number of hydrogen-bond acceptors (Lipinski definition) is 3. The van der Waals surface area contributed by atoms with E-state index in [-0.39, 0.29) is 13.2 Å². The molecule has 6 nitrogen and oxygen atoms in total. The molecule has 1 aromatic rings. The van der Waals surface area contributed by atoms with Crippen molar-refractivity contribution in [2.24, 2.45) is 0 Å². The molecule has 1 saturated carbocycles. The zero-order valence-electron chi connectivity index (χ0n) is 15.2. The Balaban J connectivity index is 2.01. The van der Waals surface area contributed by atoms with Gasteiger partial charge in [-0.1, -0.05) is 43.2 Å². The second-order valence-corrected chi connectivity index (χ2v) is 7.71. The average Bonchev–Trinajstić information content (AvgIpc) is 2.99.